The Morgan fingerprint density at radius 3 is 1.00 bits per heavy atom. The predicted molar refractivity (Wildman–Crippen MR) is 11.3 cm³/mol. The first-order valence-electron chi connectivity index (χ1n) is 0. The average molecular weight is 265 g/mol. The molecular weight excluding hydrogens is 261 g/mol. The molecule has 0 spiro atoms. The Hall–Kier alpha value is 2.27. The Kier molecular flexibility index (Phi) is 375. The third kappa shape index (κ3) is 22.2. The molecule has 0 N–H and O–H groups in total. The van der Waals surface area contributed by atoms with E-state index in [2.05, 4.69) is 0 Å². The molecule has 5 heavy (non-hydrogen) atoms. The van der Waals surface area contributed by atoms with Crippen molar-refractivity contribution < 1.29 is 67.7 Å². The molecule has 0 aliphatic heterocycles. The molecule has 0 aliphatic rings. The normalized spacial score (nSPS) is 0. The van der Waals surface area contributed by atoms with Crippen LogP contribution in [-0.2, 0) is 67.7 Å². The Morgan fingerprint density at radius 2 is 1.00 bits per heavy atom. The average Bonchev–Trinajstić information content (AvgIpc) is 0. The Labute approximate surface area is 78.0 Å². The molecular formula is H4CuFeMnNiSi. The standard InChI is InChI=1S/Cu.Fe.Mn.Ni.H4Si/h;;;;1H4. The van der Waals surface area contributed by atoms with Gasteiger partial charge in [0.05, 0.1) is 0 Å². The minimum absolute atomic E-state index is 0. The molecule has 0 amide bonds. The van der Waals surface area contributed by atoms with Crippen LogP contribution in [0.15, 0.2) is 0 Å². The second-order valence-corrected chi connectivity index (χ2v) is 0. The van der Waals surface area contributed by atoms with Crippen LogP contribution in [-0.4, -0.2) is 11.0 Å². The number of rotatable bonds is 0. The largest absolute Gasteiger partial charge is 0.0149 e. The van der Waals surface area contributed by atoms with Crippen LogP contribution in [0.5, 0.6) is 0 Å². The zero-order valence-corrected chi connectivity index (χ0v) is 5.56. The van der Waals surface area contributed by atoms with Crippen molar-refractivity contribution in [3.8, 4) is 0 Å². The van der Waals surface area contributed by atoms with Gasteiger partial charge in [0.15, 0.2) is 0 Å². The molecule has 0 aliphatic carbocycles. The molecule has 0 fully saturated rings. The van der Waals surface area contributed by atoms with E-state index in [9.17, 15) is 0 Å². The molecule has 0 unspecified atom stereocenters. The van der Waals surface area contributed by atoms with Crippen molar-refractivity contribution in [2.75, 3.05) is 0 Å². The van der Waals surface area contributed by atoms with Crippen LogP contribution in [0.1, 0.15) is 0 Å². The first-order valence-corrected chi connectivity index (χ1v) is 0. The van der Waals surface area contributed by atoms with Gasteiger partial charge in [0.2, 0.25) is 0 Å². The predicted octanol–water partition coefficient (Wildman–Crippen LogP) is -1.46. The van der Waals surface area contributed by atoms with E-state index < -0.39 is 0 Å². The van der Waals surface area contributed by atoms with Gasteiger partial charge in [-0.1, -0.05) is 0 Å². The van der Waals surface area contributed by atoms with Gasteiger partial charge in [0.25, 0.3) is 0 Å². The maximum Gasteiger partial charge on any atom is 0 e. The van der Waals surface area contributed by atoms with E-state index in [1.54, 1.807) is 0 Å². The third-order valence-corrected chi connectivity index (χ3v) is 0. The summed E-state index contributed by atoms with van der Waals surface area (Å²) in [5.74, 6) is 0. The van der Waals surface area contributed by atoms with Crippen molar-refractivity contribution in [3.63, 3.8) is 0 Å². The summed E-state index contributed by atoms with van der Waals surface area (Å²) in [5, 5.41) is 0. The number of hydrogen-bond donors (Lipinski definition) is 0. The van der Waals surface area contributed by atoms with Gasteiger partial charge in [-0.15, -0.1) is 0 Å². The van der Waals surface area contributed by atoms with Gasteiger partial charge in [-0.2, -0.15) is 0 Å². The molecule has 0 aromatic heterocycles. The SMILES string of the molecule is [Cu].[Fe].[Mn].[Ni].[SiH4]. The first kappa shape index (κ1) is 55.5. The molecule has 0 nitrogen and oxygen atoms in total. The van der Waals surface area contributed by atoms with Gasteiger partial charge in [0.1, 0.15) is 0 Å². The summed E-state index contributed by atoms with van der Waals surface area (Å²) in [6.07, 6.45) is 0. The van der Waals surface area contributed by atoms with Crippen LogP contribution in [0.3, 0.4) is 0 Å². The summed E-state index contributed by atoms with van der Waals surface area (Å²) in [6, 6.07) is 0. The summed E-state index contributed by atoms with van der Waals surface area (Å²) in [6.45, 7) is 0. The molecule has 0 bridgehead atoms. The monoisotopic (exact) mass is 264 g/mol. The van der Waals surface area contributed by atoms with Crippen LogP contribution in [0, 0.1) is 0 Å². The molecule has 0 saturated carbocycles. The second-order valence-electron chi connectivity index (χ2n) is 0. The van der Waals surface area contributed by atoms with E-state index in [1.807, 2.05) is 0 Å². The van der Waals surface area contributed by atoms with E-state index in [0.29, 0.717) is 0 Å². The Bertz CT molecular complexity index is 11.6. The molecule has 0 aromatic rings. The fraction of sp³-hybridized carbons (Fsp3) is 0. The van der Waals surface area contributed by atoms with Crippen LogP contribution in [0.2, 0.25) is 0 Å². The van der Waals surface area contributed by atoms with Gasteiger partial charge >= 0.3 is 0 Å². The summed E-state index contributed by atoms with van der Waals surface area (Å²) in [7, 11) is 0. The molecule has 0 saturated heterocycles. The van der Waals surface area contributed by atoms with Crippen molar-refractivity contribution in [1.82, 2.24) is 0 Å². The zero-order valence-electron chi connectivity index (χ0n) is 1.35. The molecule has 0 heterocycles. The van der Waals surface area contributed by atoms with E-state index in [0.717, 1.165) is 0 Å². The number of hydrogen-bond acceptors (Lipinski definition) is 0. The summed E-state index contributed by atoms with van der Waals surface area (Å²) < 4.78 is 0. The Morgan fingerprint density at radius 1 is 1.00 bits per heavy atom. The van der Waals surface area contributed by atoms with Crippen molar-refractivity contribution in [3.05, 3.63) is 0 Å². The Balaban J connectivity index is 0. The van der Waals surface area contributed by atoms with Crippen LogP contribution < -0.4 is 0 Å². The molecule has 0 aromatic carbocycles. The molecule has 0 rings (SSSR count). The van der Waals surface area contributed by atoms with Crippen LogP contribution in [0.4, 0.5) is 0 Å². The van der Waals surface area contributed by atoms with Crippen LogP contribution in [0.25, 0.3) is 0 Å². The van der Waals surface area contributed by atoms with Gasteiger partial charge in [-0.05, 0) is 11.0 Å². The first-order chi connectivity index (χ1) is 0. The molecule has 44 valence electrons. The minimum Gasteiger partial charge on any atom is -0.0149 e. The molecule has 0 atom stereocenters. The fourth-order valence-electron chi connectivity index (χ4n) is 0. The van der Waals surface area contributed by atoms with E-state index in [-0.39, 0.29) is 78.7 Å². The second kappa shape index (κ2) is 33.8. The topological polar surface area (TPSA) is 0 Å². The molecule has 5 heteroatoms. The fourth-order valence-corrected chi connectivity index (χ4v) is 0. The third-order valence-electron chi connectivity index (χ3n) is 0. The van der Waals surface area contributed by atoms with Crippen molar-refractivity contribution in [2.45, 2.75) is 0 Å². The van der Waals surface area contributed by atoms with Gasteiger partial charge in [-0.3, -0.25) is 0 Å². The van der Waals surface area contributed by atoms with Gasteiger partial charge in [0, 0.05) is 67.7 Å². The van der Waals surface area contributed by atoms with Crippen LogP contribution >= 0.6 is 0 Å². The van der Waals surface area contributed by atoms with Gasteiger partial charge in [-0.25, -0.2) is 0 Å². The van der Waals surface area contributed by atoms with Gasteiger partial charge < -0.3 is 0 Å². The quantitative estimate of drug-likeness (QED) is 0.470. The summed E-state index contributed by atoms with van der Waals surface area (Å²) in [5.41, 5.74) is 0. The van der Waals surface area contributed by atoms with Crippen molar-refractivity contribution in [2.24, 2.45) is 0 Å². The zero-order chi connectivity index (χ0) is 0. The molecule has 2 radical (unpaired) electrons. The minimum atomic E-state index is 0. The maximum atomic E-state index is 0. The maximum absolute atomic E-state index is 0. The van der Waals surface area contributed by atoms with E-state index in [1.165, 1.54) is 0 Å². The summed E-state index contributed by atoms with van der Waals surface area (Å²) in [4.78, 5) is 0. The van der Waals surface area contributed by atoms with E-state index >= 15 is 0 Å². The summed E-state index contributed by atoms with van der Waals surface area (Å²) >= 11 is 0. The van der Waals surface area contributed by atoms with E-state index in [4.69, 9.17) is 0 Å². The smallest absolute Gasteiger partial charge is 0 e. The van der Waals surface area contributed by atoms with Crippen molar-refractivity contribution in [1.29, 1.82) is 0 Å². The van der Waals surface area contributed by atoms with Crippen molar-refractivity contribution >= 4 is 11.0 Å².